The zero-order chi connectivity index (χ0) is 20.5. The molecule has 0 aliphatic rings. The summed E-state index contributed by atoms with van der Waals surface area (Å²) in [6, 6.07) is 0. The summed E-state index contributed by atoms with van der Waals surface area (Å²) < 4.78 is 41.7. The molecule has 0 amide bonds. The van der Waals surface area contributed by atoms with Crippen LogP contribution in [-0.4, -0.2) is 106 Å². The molecular weight excluding hydrogens is 372 g/mol. The van der Waals surface area contributed by atoms with Gasteiger partial charge in [-0.15, -0.1) is 6.58 Å². The van der Waals surface area contributed by atoms with E-state index >= 15 is 0 Å². The molecule has 28 heavy (non-hydrogen) atoms. The summed E-state index contributed by atoms with van der Waals surface area (Å²) in [6.07, 6.45) is 1.96. The SMILES string of the molecule is C=CCOCCOCCOCCOCCOCCOCCOCCC(=O)OC. The minimum Gasteiger partial charge on any atom is -0.469 e. The highest BCUT2D eigenvalue weighted by molar-refractivity contribution is 5.69. The topological polar surface area (TPSA) is 90.9 Å². The summed E-state index contributed by atoms with van der Waals surface area (Å²) in [7, 11) is 1.35. The van der Waals surface area contributed by atoms with E-state index in [0.29, 0.717) is 92.5 Å². The lowest BCUT2D eigenvalue weighted by Crippen LogP contribution is -2.14. The second-order valence-electron chi connectivity index (χ2n) is 5.36. The lowest BCUT2D eigenvalue weighted by atomic mass is 10.5. The number of hydrogen-bond acceptors (Lipinski definition) is 9. The van der Waals surface area contributed by atoms with E-state index in [1.807, 2.05) is 0 Å². The van der Waals surface area contributed by atoms with Gasteiger partial charge in [-0.2, -0.15) is 0 Å². The van der Waals surface area contributed by atoms with Crippen molar-refractivity contribution in [2.75, 3.05) is 99.6 Å². The van der Waals surface area contributed by atoms with Crippen LogP contribution in [0.15, 0.2) is 12.7 Å². The quantitative estimate of drug-likeness (QED) is 0.139. The van der Waals surface area contributed by atoms with Gasteiger partial charge in [-0.3, -0.25) is 4.79 Å². The van der Waals surface area contributed by atoms with E-state index in [0.717, 1.165) is 0 Å². The molecule has 9 heteroatoms. The molecule has 0 bridgehead atoms. The average molecular weight is 408 g/mol. The van der Waals surface area contributed by atoms with Crippen molar-refractivity contribution in [3.8, 4) is 0 Å². The maximum Gasteiger partial charge on any atom is 0.307 e. The highest BCUT2D eigenvalue weighted by Crippen LogP contribution is 1.88. The summed E-state index contributed by atoms with van der Waals surface area (Å²) >= 11 is 0. The Labute approximate surface area is 168 Å². The fourth-order valence-electron chi connectivity index (χ4n) is 1.74. The number of carbonyl (C=O) groups excluding carboxylic acids is 1. The fourth-order valence-corrected chi connectivity index (χ4v) is 1.74. The molecular formula is C19H36O9. The zero-order valence-corrected chi connectivity index (χ0v) is 17.1. The lowest BCUT2D eigenvalue weighted by molar-refractivity contribution is -0.141. The molecule has 0 radical (unpaired) electrons. The first-order chi connectivity index (χ1) is 13.8. The van der Waals surface area contributed by atoms with Gasteiger partial charge in [0.15, 0.2) is 0 Å². The van der Waals surface area contributed by atoms with E-state index in [9.17, 15) is 4.79 Å². The maximum absolute atomic E-state index is 10.8. The molecule has 0 atom stereocenters. The van der Waals surface area contributed by atoms with Crippen molar-refractivity contribution < 1.29 is 42.7 Å². The molecule has 0 aromatic heterocycles. The van der Waals surface area contributed by atoms with Crippen molar-refractivity contribution in [2.45, 2.75) is 6.42 Å². The fraction of sp³-hybridized carbons (Fsp3) is 0.842. The molecule has 0 saturated carbocycles. The first-order valence-corrected chi connectivity index (χ1v) is 9.53. The first kappa shape index (κ1) is 26.9. The largest absolute Gasteiger partial charge is 0.469 e. The monoisotopic (exact) mass is 408 g/mol. The van der Waals surface area contributed by atoms with Gasteiger partial charge >= 0.3 is 5.97 Å². The summed E-state index contributed by atoms with van der Waals surface area (Å²) in [6.45, 7) is 10.6. The Bertz CT molecular complexity index is 339. The third kappa shape index (κ3) is 23.0. The van der Waals surface area contributed by atoms with Crippen LogP contribution in [-0.2, 0) is 42.7 Å². The second-order valence-corrected chi connectivity index (χ2v) is 5.36. The van der Waals surface area contributed by atoms with Crippen molar-refractivity contribution in [2.24, 2.45) is 0 Å². The van der Waals surface area contributed by atoms with Crippen LogP contribution in [0, 0.1) is 0 Å². The van der Waals surface area contributed by atoms with Crippen LogP contribution in [0.2, 0.25) is 0 Å². The van der Waals surface area contributed by atoms with Crippen molar-refractivity contribution in [3.05, 3.63) is 12.7 Å². The number of hydrogen-bond donors (Lipinski definition) is 0. The molecule has 0 rings (SSSR count). The average Bonchev–Trinajstić information content (AvgIpc) is 2.71. The maximum atomic E-state index is 10.8. The molecule has 0 aliphatic carbocycles. The van der Waals surface area contributed by atoms with Gasteiger partial charge in [0.1, 0.15) is 0 Å². The minimum absolute atomic E-state index is 0.254. The van der Waals surface area contributed by atoms with Gasteiger partial charge < -0.3 is 37.9 Å². The molecule has 0 aromatic rings. The molecule has 9 nitrogen and oxygen atoms in total. The Hall–Kier alpha value is -1.07. The molecule has 0 spiro atoms. The highest BCUT2D eigenvalue weighted by Gasteiger charge is 1.99. The van der Waals surface area contributed by atoms with E-state index in [2.05, 4.69) is 11.3 Å². The Morgan fingerprint density at radius 1 is 0.607 bits per heavy atom. The van der Waals surface area contributed by atoms with Crippen molar-refractivity contribution in [3.63, 3.8) is 0 Å². The van der Waals surface area contributed by atoms with Gasteiger partial charge in [0.05, 0.1) is 106 Å². The van der Waals surface area contributed by atoms with Gasteiger partial charge in [0.2, 0.25) is 0 Å². The van der Waals surface area contributed by atoms with Crippen molar-refractivity contribution in [1.82, 2.24) is 0 Å². The van der Waals surface area contributed by atoms with Crippen LogP contribution in [0.5, 0.6) is 0 Å². The Morgan fingerprint density at radius 2 is 0.929 bits per heavy atom. The van der Waals surface area contributed by atoms with E-state index < -0.39 is 0 Å². The van der Waals surface area contributed by atoms with E-state index in [1.165, 1.54) is 7.11 Å². The van der Waals surface area contributed by atoms with Crippen LogP contribution in [0.3, 0.4) is 0 Å². The van der Waals surface area contributed by atoms with E-state index in [4.69, 9.17) is 33.2 Å². The third-order valence-corrected chi connectivity index (χ3v) is 3.15. The van der Waals surface area contributed by atoms with Crippen LogP contribution < -0.4 is 0 Å². The zero-order valence-electron chi connectivity index (χ0n) is 17.1. The van der Waals surface area contributed by atoms with Gasteiger partial charge in [-0.05, 0) is 0 Å². The van der Waals surface area contributed by atoms with E-state index in [-0.39, 0.29) is 12.4 Å². The standard InChI is InChI=1S/C19H36O9/c1-3-5-22-7-9-24-11-13-26-15-17-28-18-16-27-14-12-25-10-8-23-6-4-19(20)21-2/h3H,1,4-18H2,2H3. The molecule has 0 unspecified atom stereocenters. The molecule has 0 heterocycles. The van der Waals surface area contributed by atoms with Gasteiger partial charge in [0, 0.05) is 0 Å². The van der Waals surface area contributed by atoms with Crippen LogP contribution >= 0.6 is 0 Å². The smallest absolute Gasteiger partial charge is 0.307 e. The third-order valence-electron chi connectivity index (χ3n) is 3.15. The number of methoxy groups -OCH3 is 1. The summed E-state index contributed by atoms with van der Waals surface area (Å²) in [5.74, 6) is -0.279. The van der Waals surface area contributed by atoms with Crippen LogP contribution in [0.4, 0.5) is 0 Å². The lowest BCUT2D eigenvalue weighted by Gasteiger charge is -2.08. The molecule has 0 N–H and O–H groups in total. The summed E-state index contributed by atoms with van der Waals surface area (Å²) in [5.41, 5.74) is 0. The molecule has 166 valence electrons. The number of carbonyl (C=O) groups is 1. The molecule has 0 saturated heterocycles. The van der Waals surface area contributed by atoms with Gasteiger partial charge in [0.25, 0.3) is 0 Å². The summed E-state index contributed by atoms with van der Waals surface area (Å²) in [5, 5.41) is 0. The summed E-state index contributed by atoms with van der Waals surface area (Å²) in [4.78, 5) is 10.8. The second kappa shape index (κ2) is 24.0. The Morgan fingerprint density at radius 3 is 1.25 bits per heavy atom. The van der Waals surface area contributed by atoms with E-state index in [1.54, 1.807) is 6.08 Å². The number of esters is 1. The van der Waals surface area contributed by atoms with Gasteiger partial charge in [-0.25, -0.2) is 0 Å². The van der Waals surface area contributed by atoms with Gasteiger partial charge in [-0.1, -0.05) is 6.08 Å². The predicted octanol–water partition coefficient (Wildman–Crippen LogP) is 0.852. The normalized spacial score (nSPS) is 10.9. The van der Waals surface area contributed by atoms with Crippen LogP contribution in [0.25, 0.3) is 0 Å². The van der Waals surface area contributed by atoms with Crippen LogP contribution in [0.1, 0.15) is 6.42 Å². The molecule has 0 aliphatic heterocycles. The number of rotatable bonds is 23. The first-order valence-electron chi connectivity index (χ1n) is 9.53. The highest BCUT2D eigenvalue weighted by atomic mass is 16.6. The Balaban J connectivity index is 3.01. The Kier molecular flexibility index (Phi) is 23.1. The predicted molar refractivity (Wildman–Crippen MR) is 103 cm³/mol. The molecule has 0 fully saturated rings. The minimum atomic E-state index is -0.279. The molecule has 0 aromatic carbocycles. The van der Waals surface area contributed by atoms with Crippen molar-refractivity contribution >= 4 is 5.97 Å². The van der Waals surface area contributed by atoms with Crippen molar-refractivity contribution in [1.29, 1.82) is 0 Å². The number of ether oxygens (including phenoxy) is 8.